The Balaban J connectivity index is 1.59. The Kier molecular flexibility index (Phi) is 6.15. The van der Waals surface area contributed by atoms with Gasteiger partial charge in [0.1, 0.15) is 18.1 Å². The quantitative estimate of drug-likeness (QED) is 0.715. The van der Waals surface area contributed by atoms with Crippen molar-refractivity contribution in [2.45, 2.75) is 19.3 Å². The van der Waals surface area contributed by atoms with Crippen LogP contribution < -0.4 is 14.8 Å². The molecule has 1 saturated carbocycles. The molecule has 4 nitrogen and oxygen atoms in total. The average Bonchev–Trinajstić information content (AvgIpc) is 2.95. The van der Waals surface area contributed by atoms with Crippen molar-refractivity contribution in [2.75, 3.05) is 33.4 Å². The van der Waals surface area contributed by atoms with Gasteiger partial charge in [0.2, 0.25) is 0 Å². The van der Waals surface area contributed by atoms with E-state index in [0.717, 1.165) is 24.6 Å². The molecule has 0 saturated heterocycles. The first-order valence-corrected chi connectivity index (χ1v) is 7.42. The van der Waals surface area contributed by atoms with Crippen LogP contribution in [0.15, 0.2) is 24.3 Å². The van der Waals surface area contributed by atoms with E-state index in [1.54, 1.807) is 7.11 Å². The molecule has 2 atom stereocenters. The second kappa shape index (κ2) is 8.12. The van der Waals surface area contributed by atoms with E-state index in [1.807, 2.05) is 24.3 Å². The van der Waals surface area contributed by atoms with Gasteiger partial charge in [-0.25, -0.2) is 0 Å². The molecule has 0 heterocycles. The lowest BCUT2D eigenvalue weighted by atomic mass is 9.97. The monoisotopic (exact) mass is 279 g/mol. The third-order valence-electron chi connectivity index (χ3n) is 4.06. The van der Waals surface area contributed by atoms with Crippen molar-refractivity contribution in [3.8, 4) is 11.5 Å². The lowest BCUT2D eigenvalue weighted by molar-refractivity contribution is 0.191. The highest BCUT2D eigenvalue weighted by atomic mass is 16.5. The van der Waals surface area contributed by atoms with Gasteiger partial charge in [0.25, 0.3) is 0 Å². The number of benzene rings is 1. The standard InChI is InChI=1S/C16H25NO3/c1-19-15-5-7-16(8-6-15)20-10-9-17-11-13-3-2-4-14(13)12-18/h5-8,13-14,17-18H,2-4,9-12H2,1H3. The minimum Gasteiger partial charge on any atom is -0.497 e. The lowest BCUT2D eigenvalue weighted by Crippen LogP contribution is -2.29. The summed E-state index contributed by atoms with van der Waals surface area (Å²) in [5, 5.41) is 12.7. The normalized spacial score (nSPS) is 21.9. The number of hydrogen-bond donors (Lipinski definition) is 2. The predicted octanol–water partition coefficient (Wildman–Crippen LogP) is 2.07. The Bertz CT molecular complexity index is 380. The van der Waals surface area contributed by atoms with Crippen molar-refractivity contribution in [3.05, 3.63) is 24.3 Å². The van der Waals surface area contributed by atoms with Gasteiger partial charge in [0, 0.05) is 13.2 Å². The molecule has 0 aromatic heterocycles. The predicted molar refractivity (Wildman–Crippen MR) is 79.3 cm³/mol. The van der Waals surface area contributed by atoms with Crippen LogP contribution in [0.1, 0.15) is 19.3 Å². The average molecular weight is 279 g/mol. The summed E-state index contributed by atoms with van der Waals surface area (Å²) in [7, 11) is 1.66. The molecule has 0 radical (unpaired) electrons. The zero-order chi connectivity index (χ0) is 14.2. The van der Waals surface area contributed by atoms with Crippen LogP contribution in [0.2, 0.25) is 0 Å². The molecular formula is C16H25NO3. The van der Waals surface area contributed by atoms with Crippen LogP contribution in [0.25, 0.3) is 0 Å². The molecule has 0 aliphatic heterocycles. The van der Waals surface area contributed by atoms with Gasteiger partial charge >= 0.3 is 0 Å². The van der Waals surface area contributed by atoms with Crippen LogP contribution in [0.3, 0.4) is 0 Å². The summed E-state index contributed by atoms with van der Waals surface area (Å²) in [5.74, 6) is 2.82. The molecule has 0 bridgehead atoms. The second-order valence-electron chi connectivity index (χ2n) is 5.36. The van der Waals surface area contributed by atoms with Crippen molar-refractivity contribution in [1.82, 2.24) is 5.32 Å². The highest BCUT2D eigenvalue weighted by molar-refractivity contribution is 5.31. The molecule has 0 amide bonds. The number of methoxy groups -OCH3 is 1. The third kappa shape index (κ3) is 4.39. The molecular weight excluding hydrogens is 254 g/mol. The molecule has 0 spiro atoms. The van der Waals surface area contributed by atoms with Gasteiger partial charge in [0.15, 0.2) is 0 Å². The lowest BCUT2D eigenvalue weighted by Gasteiger charge is -2.17. The highest BCUT2D eigenvalue weighted by Gasteiger charge is 2.25. The SMILES string of the molecule is COc1ccc(OCCNCC2CCCC2CO)cc1. The van der Waals surface area contributed by atoms with Crippen LogP contribution in [0.5, 0.6) is 11.5 Å². The van der Waals surface area contributed by atoms with E-state index in [4.69, 9.17) is 9.47 Å². The van der Waals surface area contributed by atoms with E-state index in [0.29, 0.717) is 25.0 Å². The first-order valence-electron chi connectivity index (χ1n) is 7.42. The molecule has 1 aromatic rings. The molecule has 1 aromatic carbocycles. The van der Waals surface area contributed by atoms with Gasteiger partial charge in [-0.05, 0) is 55.5 Å². The number of aliphatic hydroxyl groups is 1. The summed E-state index contributed by atoms with van der Waals surface area (Å²) >= 11 is 0. The zero-order valence-electron chi connectivity index (χ0n) is 12.2. The van der Waals surface area contributed by atoms with E-state index >= 15 is 0 Å². The van der Waals surface area contributed by atoms with Crippen LogP contribution in [-0.2, 0) is 0 Å². The van der Waals surface area contributed by atoms with Crippen LogP contribution in [0.4, 0.5) is 0 Å². The van der Waals surface area contributed by atoms with Gasteiger partial charge < -0.3 is 19.9 Å². The highest BCUT2D eigenvalue weighted by Crippen LogP contribution is 2.30. The topological polar surface area (TPSA) is 50.7 Å². The summed E-state index contributed by atoms with van der Waals surface area (Å²) < 4.78 is 10.8. The van der Waals surface area contributed by atoms with E-state index in [9.17, 15) is 5.11 Å². The first-order chi connectivity index (χ1) is 9.83. The summed E-state index contributed by atoms with van der Waals surface area (Å²) in [6.45, 7) is 2.80. The molecule has 1 fully saturated rings. The molecule has 4 heteroatoms. The van der Waals surface area contributed by atoms with Gasteiger partial charge in [0.05, 0.1) is 7.11 Å². The van der Waals surface area contributed by atoms with Crippen LogP contribution >= 0.6 is 0 Å². The summed E-state index contributed by atoms with van der Waals surface area (Å²) in [6, 6.07) is 7.62. The van der Waals surface area contributed by atoms with Gasteiger partial charge in [-0.2, -0.15) is 0 Å². The minimum atomic E-state index is 0.328. The number of rotatable bonds is 8. The molecule has 1 aliphatic carbocycles. The first kappa shape index (κ1) is 15.1. The zero-order valence-corrected chi connectivity index (χ0v) is 12.2. The number of ether oxygens (including phenoxy) is 2. The maximum Gasteiger partial charge on any atom is 0.119 e. The molecule has 20 heavy (non-hydrogen) atoms. The van der Waals surface area contributed by atoms with Crippen molar-refractivity contribution in [2.24, 2.45) is 11.8 Å². The minimum absolute atomic E-state index is 0.328. The van der Waals surface area contributed by atoms with Gasteiger partial charge in [-0.1, -0.05) is 6.42 Å². The number of hydrogen-bond acceptors (Lipinski definition) is 4. The third-order valence-corrected chi connectivity index (χ3v) is 4.06. The maximum absolute atomic E-state index is 9.27. The Labute approximate surface area is 121 Å². The fraction of sp³-hybridized carbons (Fsp3) is 0.625. The van der Waals surface area contributed by atoms with Crippen LogP contribution in [0, 0.1) is 11.8 Å². The largest absolute Gasteiger partial charge is 0.497 e. The summed E-state index contributed by atoms with van der Waals surface area (Å²) in [6.07, 6.45) is 3.66. The second-order valence-corrected chi connectivity index (χ2v) is 5.36. The Morgan fingerprint density at radius 1 is 1.15 bits per heavy atom. The van der Waals surface area contributed by atoms with Gasteiger partial charge in [-0.3, -0.25) is 0 Å². The van der Waals surface area contributed by atoms with E-state index in [1.165, 1.54) is 19.3 Å². The number of aliphatic hydroxyl groups excluding tert-OH is 1. The molecule has 1 aliphatic rings. The van der Waals surface area contributed by atoms with Gasteiger partial charge in [-0.15, -0.1) is 0 Å². The fourth-order valence-electron chi connectivity index (χ4n) is 2.82. The Morgan fingerprint density at radius 2 is 1.85 bits per heavy atom. The Morgan fingerprint density at radius 3 is 2.55 bits per heavy atom. The molecule has 112 valence electrons. The van der Waals surface area contributed by atoms with Crippen molar-refractivity contribution < 1.29 is 14.6 Å². The summed E-state index contributed by atoms with van der Waals surface area (Å²) in [4.78, 5) is 0. The smallest absolute Gasteiger partial charge is 0.119 e. The molecule has 2 N–H and O–H groups in total. The van der Waals surface area contributed by atoms with Crippen LogP contribution in [-0.4, -0.2) is 38.5 Å². The van der Waals surface area contributed by atoms with Crippen molar-refractivity contribution in [3.63, 3.8) is 0 Å². The molecule has 2 unspecified atom stereocenters. The van der Waals surface area contributed by atoms with Crippen molar-refractivity contribution in [1.29, 1.82) is 0 Å². The van der Waals surface area contributed by atoms with E-state index in [-0.39, 0.29) is 0 Å². The summed E-state index contributed by atoms with van der Waals surface area (Å²) in [5.41, 5.74) is 0. The van der Waals surface area contributed by atoms with Crippen molar-refractivity contribution >= 4 is 0 Å². The molecule has 2 rings (SSSR count). The maximum atomic E-state index is 9.27. The fourth-order valence-corrected chi connectivity index (χ4v) is 2.82. The van der Waals surface area contributed by atoms with E-state index in [2.05, 4.69) is 5.32 Å². The number of nitrogens with one attached hydrogen (secondary N) is 1. The Hall–Kier alpha value is -1.26. The van der Waals surface area contributed by atoms with E-state index < -0.39 is 0 Å².